The monoisotopic (exact) mass is 630 g/mol. The summed E-state index contributed by atoms with van der Waals surface area (Å²) in [5.41, 5.74) is 8.11. The summed E-state index contributed by atoms with van der Waals surface area (Å²) in [5, 5.41) is 2.89. The lowest BCUT2D eigenvalue weighted by Crippen LogP contribution is -2.60. The molecule has 0 amide bonds. The van der Waals surface area contributed by atoms with Crippen LogP contribution in [0.5, 0.6) is 0 Å². The van der Waals surface area contributed by atoms with Gasteiger partial charge >= 0.3 is 8.88 Å². The molecule has 0 saturated carbocycles. The van der Waals surface area contributed by atoms with Crippen LogP contribution in [0.2, 0.25) is 0 Å². The molecule has 2 N–H and O–H groups in total. The van der Waals surface area contributed by atoms with Crippen LogP contribution in [0.25, 0.3) is 21.5 Å². The predicted molar refractivity (Wildman–Crippen MR) is 184 cm³/mol. The molecule has 0 fully saturated rings. The predicted octanol–water partition coefficient (Wildman–Crippen LogP) is 4.59. The first-order chi connectivity index (χ1) is 22.7. The summed E-state index contributed by atoms with van der Waals surface area (Å²) in [7, 11) is -4.85. The smallest absolute Gasteiger partial charge is 0.377 e. The lowest BCUT2D eigenvalue weighted by molar-refractivity contribution is 0.324. The second kappa shape index (κ2) is 8.79. The Morgan fingerprint density at radius 2 is 0.872 bits per heavy atom. The summed E-state index contributed by atoms with van der Waals surface area (Å²) in [6.07, 6.45) is 0. The van der Waals surface area contributed by atoms with E-state index in [0.717, 1.165) is 66.1 Å². The maximum absolute atomic E-state index is 12.9. The summed E-state index contributed by atoms with van der Waals surface area (Å²) in [6.45, 7) is 8.06. The highest BCUT2D eigenvalue weighted by atomic mass is 28.4. The van der Waals surface area contributed by atoms with Crippen LogP contribution in [0.3, 0.4) is 0 Å². The van der Waals surface area contributed by atoms with Crippen molar-refractivity contribution < 1.29 is 9.59 Å². The summed E-state index contributed by atoms with van der Waals surface area (Å²) < 4.78 is 3.00. The van der Waals surface area contributed by atoms with Crippen molar-refractivity contribution in [1.82, 2.24) is 8.47 Å². The third-order valence-corrected chi connectivity index (χ3v) is 11.4. The number of nitrogens with zero attached hydrogens (tertiary/aromatic N) is 8. The maximum Gasteiger partial charge on any atom is 0.597 e. The molecule has 0 unspecified atom stereocenters. The molecule has 0 spiro atoms. The first kappa shape index (κ1) is 26.6. The molecule has 6 heterocycles. The van der Waals surface area contributed by atoms with Crippen LogP contribution in [0.4, 0.5) is 11.6 Å². The normalized spacial score (nSPS) is 20.1. The van der Waals surface area contributed by atoms with Gasteiger partial charge in [-0.2, -0.15) is 0 Å². The van der Waals surface area contributed by atoms with Gasteiger partial charge in [0.05, 0.1) is 0 Å². The summed E-state index contributed by atoms with van der Waals surface area (Å²) in [4.78, 5) is 56.2. The van der Waals surface area contributed by atoms with Crippen molar-refractivity contribution in [2.45, 2.75) is 27.7 Å². The topological polar surface area (TPSA) is 124 Å². The van der Waals surface area contributed by atoms with Gasteiger partial charge < -0.3 is 9.59 Å². The SMILES string of the molecule is Cc1ccc2c(c1)C1=NC/2=N\c2c3cc(C)ccc3c3n2[Si](O)(O)n2/c(c4ccc(C)cc4/c2=N/C2=NC(=N\3)/c3cc(C)ccc32)=N\1. The number of fused-ring (bicyclic) bond motifs is 14. The Bertz CT molecular complexity index is 2760. The number of aryl methyl sites for hydroxylation is 4. The van der Waals surface area contributed by atoms with Gasteiger partial charge in [-0.1, -0.05) is 70.8 Å². The van der Waals surface area contributed by atoms with Gasteiger partial charge in [0, 0.05) is 43.8 Å². The molecule has 11 heteroatoms. The van der Waals surface area contributed by atoms with Gasteiger partial charge in [-0.25, -0.2) is 30.0 Å². The Balaban J connectivity index is 1.51. The third-order valence-electron chi connectivity index (χ3n) is 9.35. The van der Waals surface area contributed by atoms with Gasteiger partial charge in [-0.3, -0.25) is 8.47 Å². The van der Waals surface area contributed by atoms with Crippen LogP contribution >= 0.6 is 0 Å². The van der Waals surface area contributed by atoms with Crippen molar-refractivity contribution in [2.24, 2.45) is 30.0 Å². The van der Waals surface area contributed by atoms with Crippen LogP contribution < -0.4 is 11.0 Å². The van der Waals surface area contributed by atoms with E-state index in [2.05, 4.69) is 0 Å². The number of aromatic nitrogens is 2. The Morgan fingerprint density at radius 1 is 0.426 bits per heavy atom. The van der Waals surface area contributed by atoms with Crippen molar-refractivity contribution in [3.05, 3.63) is 128 Å². The number of hydrogen-bond donors (Lipinski definition) is 2. The maximum atomic E-state index is 12.9. The average Bonchev–Trinajstić information content (AvgIpc) is 3.72. The molecule has 0 aliphatic carbocycles. The highest BCUT2D eigenvalue weighted by Gasteiger charge is 2.46. The van der Waals surface area contributed by atoms with E-state index in [1.807, 2.05) is 100 Å². The second-order valence-corrected chi connectivity index (χ2v) is 14.8. The minimum atomic E-state index is -4.85. The van der Waals surface area contributed by atoms with E-state index in [-0.39, 0.29) is 0 Å². The molecule has 10 rings (SSSR count). The largest absolute Gasteiger partial charge is 0.597 e. The quantitative estimate of drug-likeness (QED) is 0.239. The lowest BCUT2D eigenvalue weighted by atomic mass is 10.0. The summed E-state index contributed by atoms with van der Waals surface area (Å²) >= 11 is 0. The Morgan fingerprint density at radius 3 is 1.51 bits per heavy atom. The zero-order valence-electron chi connectivity index (χ0n) is 25.9. The molecule has 4 aromatic carbocycles. The van der Waals surface area contributed by atoms with E-state index < -0.39 is 8.88 Å². The minimum absolute atomic E-state index is 0.350. The fourth-order valence-electron chi connectivity index (χ4n) is 7.13. The van der Waals surface area contributed by atoms with E-state index in [1.165, 1.54) is 8.47 Å². The number of benzene rings is 4. The van der Waals surface area contributed by atoms with Gasteiger partial charge in [0.25, 0.3) is 0 Å². The number of rotatable bonds is 0. The van der Waals surface area contributed by atoms with E-state index in [0.29, 0.717) is 46.0 Å². The van der Waals surface area contributed by atoms with E-state index in [4.69, 9.17) is 30.0 Å². The molecule has 10 nitrogen and oxygen atoms in total. The first-order valence-corrected chi connectivity index (χ1v) is 17.2. The second-order valence-electron chi connectivity index (χ2n) is 12.7. The van der Waals surface area contributed by atoms with Crippen LogP contribution in [0, 0.1) is 27.7 Å². The van der Waals surface area contributed by atoms with Gasteiger partial charge in [-0.15, -0.1) is 0 Å². The molecular weight excluding hydrogens is 605 g/mol. The van der Waals surface area contributed by atoms with Gasteiger partial charge in [0.2, 0.25) is 0 Å². The van der Waals surface area contributed by atoms with E-state index in [9.17, 15) is 9.59 Å². The van der Waals surface area contributed by atoms with Crippen molar-refractivity contribution in [2.75, 3.05) is 0 Å². The number of amidine groups is 4. The molecule has 6 aromatic rings. The lowest BCUT2D eigenvalue weighted by Gasteiger charge is -2.23. The van der Waals surface area contributed by atoms with Crippen LogP contribution in [0.15, 0.2) is 103 Å². The van der Waals surface area contributed by atoms with Crippen molar-refractivity contribution in [3.63, 3.8) is 0 Å². The Kier molecular flexibility index (Phi) is 4.97. The van der Waals surface area contributed by atoms with Crippen molar-refractivity contribution >= 4 is 65.4 Å². The zero-order chi connectivity index (χ0) is 31.9. The molecule has 6 bridgehead atoms. The Hall–Kier alpha value is -5.62. The molecule has 47 heavy (non-hydrogen) atoms. The number of hydrogen-bond acceptors (Lipinski definition) is 8. The van der Waals surface area contributed by atoms with Crippen LogP contribution in [-0.4, -0.2) is 50.3 Å². The molecule has 4 aliphatic rings. The third kappa shape index (κ3) is 3.50. The summed E-state index contributed by atoms with van der Waals surface area (Å²) in [5.74, 6) is 2.50. The van der Waals surface area contributed by atoms with Crippen LogP contribution in [0.1, 0.15) is 44.5 Å². The number of aliphatic imine (C=N–C) groups is 4. The Labute approximate surface area is 268 Å². The minimum Gasteiger partial charge on any atom is -0.377 e. The highest BCUT2D eigenvalue weighted by molar-refractivity contribution is 6.63. The van der Waals surface area contributed by atoms with Crippen molar-refractivity contribution in [3.8, 4) is 0 Å². The van der Waals surface area contributed by atoms with Gasteiger partial charge in [-0.05, 0) is 52.0 Å². The standard InChI is InChI=1S/C36H26N8O2Si/c1-17-5-9-21-25(13-17)31-37-29(21)39-35-28-16-20(4)8-12-24(28)34-42-32-26-14-18(2)6-10-22(26)30(38-32)40-36-27-15-19(3)7-11-23(27)33(41-31)43(36)47(45,46)44(34)35/h5-16,45-46H,1-4H3/b39-29-,39-35?,40-30?,40-36-,41-31?,41-33-,42-32-,42-34?. The molecular formula is C36H26N8O2Si. The summed E-state index contributed by atoms with van der Waals surface area (Å²) in [6, 6.07) is 24.1. The molecule has 2 aromatic heterocycles. The molecule has 0 saturated heterocycles. The average molecular weight is 631 g/mol. The fourth-order valence-corrected chi connectivity index (χ4v) is 9.15. The fraction of sp³-hybridized carbons (Fsp3) is 0.111. The molecule has 226 valence electrons. The van der Waals surface area contributed by atoms with E-state index in [1.54, 1.807) is 0 Å². The molecule has 4 aliphatic heterocycles. The van der Waals surface area contributed by atoms with Crippen LogP contribution in [-0.2, 0) is 0 Å². The van der Waals surface area contributed by atoms with Gasteiger partial charge in [0.15, 0.2) is 23.3 Å². The van der Waals surface area contributed by atoms with Crippen molar-refractivity contribution in [1.29, 1.82) is 0 Å². The molecule has 0 atom stereocenters. The first-order valence-electron chi connectivity index (χ1n) is 15.4. The zero-order valence-corrected chi connectivity index (χ0v) is 26.9. The van der Waals surface area contributed by atoms with Gasteiger partial charge in [0.1, 0.15) is 22.6 Å². The molecule has 0 radical (unpaired) electrons. The van der Waals surface area contributed by atoms with E-state index >= 15 is 0 Å². The highest BCUT2D eigenvalue weighted by Crippen LogP contribution is 2.42.